The van der Waals surface area contributed by atoms with Gasteiger partial charge in [0.05, 0.1) is 14.2 Å². The fraction of sp³-hybridized carbons (Fsp3) is 0.391. The fourth-order valence-corrected chi connectivity index (χ4v) is 3.45. The van der Waals surface area contributed by atoms with Crippen LogP contribution in [0.1, 0.15) is 26.3 Å². The summed E-state index contributed by atoms with van der Waals surface area (Å²) in [7, 11) is 3.04. The van der Waals surface area contributed by atoms with Gasteiger partial charge in [0, 0.05) is 46.4 Å². The van der Waals surface area contributed by atoms with Crippen LogP contribution in [0.2, 0.25) is 10.0 Å². The Morgan fingerprint density at radius 3 is 2.00 bits per heavy atom. The molecule has 0 aliphatic heterocycles. The first-order valence-corrected chi connectivity index (χ1v) is 10.8. The summed E-state index contributed by atoms with van der Waals surface area (Å²) < 4.78 is 16.1. The van der Waals surface area contributed by atoms with Gasteiger partial charge in [0.1, 0.15) is 23.3 Å². The highest BCUT2D eigenvalue weighted by Crippen LogP contribution is 2.28. The van der Waals surface area contributed by atoms with E-state index in [1.165, 1.54) is 19.1 Å². The topological polar surface area (TPSA) is 77.1 Å². The number of carbonyl (C=O) groups is 2. The minimum atomic E-state index is -0.777. The van der Waals surface area contributed by atoms with Crippen molar-refractivity contribution in [2.75, 3.05) is 20.8 Å². The van der Waals surface area contributed by atoms with Crippen LogP contribution in [0.15, 0.2) is 36.4 Å². The van der Waals surface area contributed by atoms with Crippen molar-refractivity contribution in [1.29, 1.82) is 0 Å². The van der Waals surface area contributed by atoms with E-state index in [0.717, 1.165) is 0 Å². The lowest BCUT2D eigenvalue weighted by Crippen LogP contribution is -2.50. The minimum absolute atomic E-state index is 0.0504. The van der Waals surface area contributed by atoms with E-state index in [1.54, 1.807) is 43.3 Å². The molecule has 1 N–H and O–H groups in total. The van der Waals surface area contributed by atoms with Gasteiger partial charge in [-0.2, -0.15) is 0 Å². The number of methoxy groups -OCH3 is 2. The second-order valence-electron chi connectivity index (χ2n) is 7.40. The second kappa shape index (κ2) is 11.8. The molecule has 0 spiro atoms. The maximum atomic E-state index is 13.2. The molecule has 174 valence electrons. The lowest BCUT2D eigenvalue weighted by Gasteiger charge is -2.30. The smallest absolute Gasteiger partial charge is 0.261 e. The summed E-state index contributed by atoms with van der Waals surface area (Å²) in [4.78, 5) is 27.2. The molecule has 32 heavy (non-hydrogen) atoms. The van der Waals surface area contributed by atoms with Gasteiger partial charge in [-0.05, 0) is 32.9 Å². The van der Waals surface area contributed by atoms with Crippen molar-refractivity contribution in [3.63, 3.8) is 0 Å². The van der Waals surface area contributed by atoms with Gasteiger partial charge >= 0.3 is 0 Å². The molecule has 9 heteroatoms. The van der Waals surface area contributed by atoms with Crippen LogP contribution in [0.5, 0.6) is 17.2 Å². The second-order valence-corrected chi connectivity index (χ2v) is 8.21. The zero-order chi connectivity index (χ0) is 23.8. The number of ether oxygens (including phenoxy) is 3. The fourth-order valence-electron chi connectivity index (χ4n) is 2.93. The molecule has 0 radical (unpaired) electrons. The van der Waals surface area contributed by atoms with Crippen molar-refractivity contribution in [1.82, 2.24) is 10.2 Å². The van der Waals surface area contributed by atoms with E-state index in [9.17, 15) is 9.59 Å². The molecule has 1 atom stereocenters. The number of benzene rings is 2. The van der Waals surface area contributed by atoms with Gasteiger partial charge in [-0.25, -0.2) is 0 Å². The first-order chi connectivity index (χ1) is 15.2. The largest absolute Gasteiger partial charge is 0.496 e. The highest BCUT2D eigenvalue weighted by molar-refractivity contribution is 6.36. The molecular formula is C23H28Cl2N2O5. The summed E-state index contributed by atoms with van der Waals surface area (Å²) >= 11 is 12.6. The Labute approximate surface area is 198 Å². The third-order valence-corrected chi connectivity index (χ3v) is 5.38. The number of amides is 2. The Kier molecular flexibility index (Phi) is 9.47. The van der Waals surface area contributed by atoms with Crippen LogP contribution in [0.4, 0.5) is 0 Å². The van der Waals surface area contributed by atoms with Gasteiger partial charge in [0.25, 0.3) is 5.91 Å². The van der Waals surface area contributed by atoms with Gasteiger partial charge in [0.15, 0.2) is 6.61 Å². The maximum Gasteiger partial charge on any atom is 0.261 e. The summed E-state index contributed by atoms with van der Waals surface area (Å²) in [6, 6.07) is 9.20. The quantitative estimate of drug-likeness (QED) is 0.545. The number of hydrogen-bond acceptors (Lipinski definition) is 5. The Hall–Kier alpha value is -2.64. The van der Waals surface area contributed by atoms with Gasteiger partial charge in [-0.3, -0.25) is 9.59 Å². The molecule has 2 rings (SSSR count). The van der Waals surface area contributed by atoms with Gasteiger partial charge < -0.3 is 24.4 Å². The Bertz CT molecular complexity index is 909. The number of nitrogens with one attached hydrogen (secondary N) is 1. The molecule has 0 fully saturated rings. The molecule has 1 unspecified atom stereocenters. The number of hydrogen-bond donors (Lipinski definition) is 1. The average molecular weight is 483 g/mol. The predicted molar refractivity (Wildman–Crippen MR) is 125 cm³/mol. The summed E-state index contributed by atoms with van der Waals surface area (Å²) in [6.45, 7) is 5.09. The van der Waals surface area contributed by atoms with E-state index >= 15 is 0 Å². The van der Waals surface area contributed by atoms with Crippen LogP contribution in [0, 0.1) is 0 Å². The predicted octanol–water partition coefficient (Wildman–Crippen LogP) is 4.33. The van der Waals surface area contributed by atoms with Gasteiger partial charge in [-0.1, -0.05) is 29.3 Å². The summed E-state index contributed by atoms with van der Waals surface area (Å²) in [5.41, 5.74) is 0.552. The van der Waals surface area contributed by atoms with E-state index in [-0.39, 0.29) is 25.1 Å². The van der Waals surface area contributed by atoms with Crippen LogP contribution in [0.25, 0.3) is 0 Å². The van der Waals surface area contributed by atoms with Crippen molar-refractivity contribution >= 4 is 35.0 Å². The Morgan fingerprint density at radius 1 is 0.969 bits per heavy atom. The third kappa shape index (κ3) is 6.93. The zero-order valence-corrected chi connectivity index (χ0v) is 20.3. The standard InChI is InChI=1S/C23H28Cl2N2O5/c1-14(2)26-23(29)15(3)27(12-19-20(24)7-6-8-21(19)25)22(28)13-32-18-10-16(30-4)9-17(11-18)31-5/h6-11,14-15H,12-13H2,1-5H3,(H,26,29). The molecule has 2 aromatic carbocycles. The van der Waals surface area contributed by atoms with Crippen molar-refractivity contribution in [2.24, 2.45) is 0 Å². The highest BCUT2D eigenvalue weighted by atomic mass is 35.5. The van der Waals surface area contributed by atoms with Crippen molar-refractivity contribution in [2.45, 2.75) is 39.4 Å². The number of nitrogens with zero attached hydrogens (tertiary/aromatic N) is 1. The van der Waals surface area contributed by atoms with E-state index in [4.69, 9.17) is 37.4 Å². The maximum absolute atomic E-state index is 13.2. The number of carbonyl (C=O) groups excluding carboxylic acids is 2. The van der Waals surface area contributed by atoms with Crippen LogP contribution in [-0.4, -0.2) is 49.6 Å². The molecule has 7 nitrogen and oxygen atoms in total. The van der Waals surface area contributed by atoms with Crippen molar-refractivity contribution in [3.8, 4) is 17.2 Å². The zero-order valence-electron chi connectivity index (χ0n) is 18.8. The molecule has 0 bridgehead atoms. The molecule has 0 aromatic heterocycles. The highest BCUT2D eigenvalue weighted by Gasteiger charge is 2.28. The molecule has 0 saturated heterocycles. The lowest BCUT2D eigenvalue weighted by molar-refractivity contribution is -0.142. The van der Waals surface area contributed by atoms with Crippen LogP contribution < -0.4 is 19.5 Å². The SMILES string of the molecule is COc1cc(OC)cc(OCC(=O)N(Cc2c(Cl)cccc2Cl)C(C)C(=O)NC(C)C)c1. The monoisotopic (exact) mass is 482 g/mol. The normalized spacial score (nSPS) is 11.6. The summed E-state index contributed by atoms with van der Waals surface area (Å²) in [6.07, 6.45) is 0. The summed E-state index contributed by atoms with van der Waals surface area (Å²) in [5, 5.41) is 3.64. The van der Waals surface area contributed by atoms with Crippen LogP contribution in [0.3, 0.4) is 0 Å². The molecule has 0 aliphatic carbocycles. The first kappa shape index (κ1) is 25.6. The van der Waals surface area contributed by atoms with Crippen LogP contribution in [-0.2, 0) is 16.1 Å². The van der Waals surface area contributed by atoms with E-state index in [0.29, 0.717) is 32.9 Å². The first-order valence-electron chi connectivity index (χ1n) is 10.0. The van der Waals surface area contributed by atoms with Gasteiger partial charge in [-0.15, -0.1) is 0 Å². The molecule has 2 amide bonds. The lowest BCUT2D eigenvalue weighted by atomic mass is 10.1. The Morgan fingerprint density at radius 2 is 1.50 bits per heavy atom. The van der Waals surface area contributed by atoms with E-state index < -0.39 is 11.9 Å². The van der Waals surface area contributed by atoms with Gasteiger partial charge in [0.2, 0.25) is 5.91 Å². The minimum Gasteiger partial charge on any atom is -0.496 e. The molecule has 0 aliphatic rings. The molecular weight excluding hydrogens is 455 g/mol. The number of halogens is 2. The van der Waals surface area contributed by atoms with Crippen LogP contribution >= 0.6 is 23.2 Å². The average Bonchev–Trinajstić information content (AvgIpc) is 2.76. The molecule has 0 saturated carbocycles. The van der Waals surface area contributed by atoms with E-state index in [2.05, 4.69) is 5.32 Å². The molecule has 2 aromatic rings. The number of rotatable bonds is 10. The Balaban J connectivity index is 2.26. The molecule has 0 heterocycles. The van der Waals surface area contributed by atoms with E-state index in [1.807, 2.05) is 13.8 Å². The van der Waals surface area contributed by atoms with Crippen molar-refractivity contribution < 1.29 is 23.8 Å². The van der Waals surface area contributed by atoms with Crippen molar-refractivity contribution in [3.05, 3.63) is 52.0 Å². The third-order valence-electron chi connectivity index (χ3n) is 4.68. The summed E-state index contributed by atoms with van der Waals surface area (Å²) in [5.74, 6) is 0.741.